The molecule has 9 heteroatoms. The largest absolute Gasteiger partial charge is 0.377 e. The molecule has 2 aromatic rings. The van der Waals surface area contributed by atoms with Crippen molar-refractivity contribution in [3.8, 4) is 0 Å². The van der Waals surface area contributed by atoms with Crippen molar-refractivity contribution in [2.24, 2.45) is 0 Å². The number of ether oxygens (including phenoxy) is 1. The third-order valence-electron chi connectivity index (χ3n) is 4.45. The smallest absolute Gasteiger partial charge is 0.269 e. The van der Waals surface area contributed by atoms with E-state index < -0.39 is 15.9 Å². The van der Waals surface area contributed by atoms with Gasteiger partial charge in [-0.05, 0) is 36.6 Å². The van der Waals surface area contributed by atoms with Crippen LogP contribution in [-0.2, 0) is 26.0 Å². The Bertz CT molecular complexity index is 957. The Kier molecular flexibility index (Phi) is 6.97. The Morgan fingerprint density at radius 2 is 1.83 bits per heavy atom. The fourth-order valence-corrected chi connectivity index (χ4v) is 4.03. The second-order valence-corrected chi connectivity index (χ2v) is 8.45. The lowest BCUT2D eigenvalue weighted by molar-refractivity contribution is -0.121. The van der Waals surface area contributed by atoms with Gasteiger partial charge in [-0.2, -0.15) is 0 Å². The fourth-order valence-electron chi connectivity index (χ4n) is 2.92. The van der Waals surface area contributed by atoms with Crippen molar-refractivity contribution >= 4 is 21.8 Å². The van der Waals surface area contributed by atoms with Crippen LogP contribution in [0.5, 0.6) is 0 Å². The molecule has 1 unspecified atom stereocenters. The van der Waals surface area contributed by atoms with Gasteiger partial charge in [0.05, 0.1) is 17.4 Å². The summed E-state index contributed by atoms with van der Waals surface area (Å²) in [5, 5.41) is 0. The van der Waals surface area contributed by atoms with Crippen molar-refractivity contribution in [2.45, 2.75) is 30.3 Å². The molecular formula is C20H23N3O5S. The van der Waals surface area contributed by atoms with Gasteiger partial charge in [0.1, 0.15) is 0 Å². The number of amides is 2. The third kappa shape index (κ3) is 6.11. The molecule has 2 amide bonds. The maximum Gasteiger partial charge on any atom is 0.269 e. The highest BCUT2D eigenvalue weighted by Gasteiger charge is 2.21. The van der Waals surface area contributed by atoms with Gasteiger partial charge in [-0.1, -0.05) is 36.4 Å². The van der Waals surface area contributed by atoms with Crippen LogP contribution < -0.4 is 15.6 Å². The predicted octanol–water partition coefficient (Wildman–Crippen LogP) is 1.15. The molecule has 0 spiro atoms. The molecule has 1 aliphatic rings. The van der Waals surface area contributed by atoms with E-state index >= 15 is 0 Å². The van der Waals surface area contributed by atoms with Crippen LogP contribution in [0, 0.1) is 0 Å². The summed E-state index contributed by atoms with van der Waals surface area (Å²) in [5.74, 6) is -0.992. The molecule has 2 aromatic carbocycles. The van der Waals surface area contributed by atoms with Gasteiger partial charge in [0, 0.05) is 18.7 Å². The van der Waals surface area contributed by atoms with Gasteiger partial charge in [-0.15, -0.1) is 0 Å². The highest BCUT2D eigenvalue weighted by atomic mass is 32.2. The molecule has 0 bridgehead atoms. The standard InChI is InChI=1S/C20H23N3O5S/c24-19(12-15-6-2-1-3-7-15)22-23-20(25)16-8-4-10-18(13-16)29(26,27)21-14-17-9-5-11-28-17/h1-4,6-8,10,13,17,21H,5,9,11-12,14H2,(H,22,24)(H,23,25). The summed E-state index contributed by atoms with van der Waals surface area (Å²) in [6.45, 7) is 0.826. The summed E-state index contributed by atoms with van der Waals surface area (Å²) in [7, 11) is -3.77. The SMILES string of the molecule is O=C(Cc1ccccc1)NNC(=O)c1cccc(S(=O)(=O)NCC2CCCO2)c1. The van der Waals surface area contributed by atoms with Gasteiger partial charge < -0.3 is 4.74 Å². The molecule has 0 aliphatic carbocycles. The van der Waals surface area contributed by atoms with Crippen LogP contribution in [-0.4, -0.2) is 39.5 Å². The number of hydrogen-bond acceptors (Lipinski definition) is 5. The fraction of sp³-hybridized carbons (Fsp3) is 0.300. The summed E-state index contributed by atoms with van der Waals surface area (Å²) in [4.78, 5) is 24.2. The molecule has 1 saturated heterocycles. The van der Waals surface area contributed by atoms with E-state index in [0.717, 1.165) is 18.4 Å². The minimum absolute atomic E-state index is 0.0289. The van der Waals surface area contributed by atoms with Crippen LogP contribution >= 0.6 is 0 Å². The highest BCUT2D eigenvalue weighted by molar-refractivity contribution is 7.89. The molecule has 0 radical (unpaired) electrons. The summed E-state index contributed by atoms with van der Waals surface area (Å²) in [5.41, 5.74) is 5.56. The van der Waals surface area contributed by atoms with Crippen LogP contribution in [0.3, 0.4) is 0 Å². The lowest BCUT2D eigenvalue weighted by atomic mass is 10.1. The van der Waals surface area contributed by atoms with E-state index in [1.807, 2.05) is 18.2 Å². The van der Waals surface area contributed by atoms with E-state index in [4.69, 9.17) is 4.74 Å². The van der Waals surface area contributed by atoms with Crippen LogP contribution in [0.25, 0.3) is 0 Å². The van der Waals surface area contributed by atoms with Gasteiger partial charge >= 0.3 is 0 Å². The number of hydrazine groups is 1. The quantitative estimate of drug-likeness (QED) is 0.585. The first-order valence-electron chi connectivity index (χ1n) is 9.28. The molecule has 1 atom stereocenters. The average molecular weight is 417 g/mol. The number of sulfonamides is 1. The number of nitrogens with one attached hydrogen (secondary N) is 3. The first-order valence-corrected chi connectivity index (χ1v) is 10.8. The Hall–Kier alpha value is -2.75. The van der Waals surface area contributed by atoms with Crippen molar-refractivity contribution in [1.82, 2.24) is 15.6 Å². The van der Waals surface area contributed by atoms with Crippen molar-refractivity contribution in [3.63, 3.8) is 0 Å². The van der Waals surface area contributed by atoms with Crippen molar-refractivity contribution < 1.29 is 22.7 Å². The molecule has 1 aliphatic heterocycles. The Morgan fingerprint density at radius 3 is 2.55 bits per heavy atom. The van der Waals surface area contributed by atoms with Crippen molar-refractivity contribution in [3.05, 3.63) is 65.7 Å². The van der Waals surface area contributed by atoms with Crippen LogP contribution in [0.1, 0.15) is 28.8 Å². The van der Waals surface area contributed by atoms with Crippen LogP contribution in [0.4, 0.5) is 0 Å². The number of benzene rings is 2. The molecule has 3 rings (SSSR count). The zero-order valence-electron chi connectivity index (χ0n) is 15.8. The zero-order chi connectivity index (χ0) is 20.7. The monoisotopic (exact) mass is 417 g/mol. The molecule has 0 aromatic heterocycles. The van der Waals surface area contributed by atoms with E-state index in [-0.39, 0.29) is 35.4 Å². The normalized spacial score (nSPS) is 16.3. The molecule has 3 N–H and O–H groups in total. The molecule has 8 nitrogen and oxygen atoms in total. The predicted molar refractivity (Wildman–Crippen MR) is 106 cm³/mol. The van der Waals surface area contributed by atoms with Crippen LogP contribution in [0.15, 0.2) is 59.5 Å². The van der Waals surface area contributed by atoms with Gasteiger partial charge in [0.25, 0.3) is 5.91 Å². The second kappa shape index (κ2) is 9.64. The Labute approximate surface area is 169 Å². The Balaban J connectivity index is 1.56. The lowest BCUT2D eigenvalue weighted by Crippen LogP contribution is -2.42. The Morgan fingerprint density at radius 1 is 1.03 bits per heavy atom. The first kappa shape index (κ1) is 21.0. The third-order valence-corrected chi connectivity index (χ3v) is 5.88. The number of hydrogen-bond donors (Lipinski definition) is 3. The first-order chi connectivity index (χ1) is 13.9. The van der Waals surface area contributed by atoms with Crippen LogP contribution in [0.2, 0.25) is 0 Å². The van der Waals surface area contributed by atoms with Gasteiger partial charge in [-0.3, -0.25) is 20.4 Å². The van der Waals surface area contributed by atoms with Crippen molar-refractivity contribution in [1.29, 1.82) is 0 Å². The summed E-state index contributed by atoms with van der Waals surface area (Å²) in [6, 6.07) is 14.7. The summed E-state index contributed by atoms with van der Waals surface area (Å²) >= 11 is 0. The maximum absolute atomic E-state index is 12.5. The minimum Gasteiger partial charge on any atom is -0.377 e. The lowest BCUT2D eigenvalue weighted by Gasteiger charge is -2.12. The number of rotatable bonds is 7. The van der Waals surface area contributed by atoms with E-state index in [0.29, 0.717) is 6.61 Å². The van der Waals surface area contributed by atoms with E-state index in [1.54, 1.807) is 12.1 Å². The number of carbonyl (C=O) groups excluding carboxylic acids is 2. The van der Waals surface area contributed by atoms with Gasteiger partial charge in [0.15, 0.2) is 0 Å². The van der Waals surface area contributed by atoms with E-state index in [9.17, 15) is 18.0 Å². The van der Waals surface area contributed by atoms with Gasteiger partial charge in [-0.25, -0.2) is 13.1 Å². The maximum atomic E-state index is 12.5. The average Bonchev–Trinajstić information content (AvgIpc) is 3.25. The second-order valence-electron chi connectivity index (χ2n) is 6.68. The van der Waals surface area contributed by atoms with E-state index in [2.05, 4.69) is 15.6 Å². The molecule has 29 heavy (non-hydrogen) atoms. The summed E-state index contributed by atoms with van der Waals surface area (Å²) < 4.78 is 32.8. The zero-order valence-corrected chi connectivity index (χ0v) is 16.6. The van der Waals surface area contributed by atoms with Crippen molar-refractivity contribution in [2.75, 3.05) is 13.2 Å². The molecule has 154 valence electrons. The topological polar surface area (TPSA) is 114 Å². The molecule has 1 fully saturated rings. The minimum atomic E-state index is -3.77. The highest BCUT2D eigenvalue weighted by Crippen LogP contribution is 2.14. The van der Waals surface area contributed by atoms with E-state index in [1.165, 1.54) is 24.3 Å². The summed E-state index contributed by atoms with van der Waals surface area (Å²) in [6.07, 6.45) is 1.71. The molecule has 0 saturated carbocycles. The number of carbonyl (C=O) groups is 2. The van der Waals surface area contributed by atoms with Gasteiger partial charge in [0.2, 0.25) is 15.9 Å². The molecule has 1 heterocycles. The molecular weight excluding hydrogens is 394 g/mol.